The van der Waals surface area contributed by atoms with Crippen LogP contribution in [0.5, 0.6) is 0 Å². The first-order chi connectivity index (χ1) is 9.28. The van der Waals surface area contributed by atoms with Gasteiger partial charge in [0, 0.05) is 30.3 Å². The van der Waals surface area contributed by atoms with E-state index < -0.39 is 0 Å². The van der Waals surface area contributed by atoms with Crippen molar-refractivity contribution in [3.63, 3.8) is 0 Å². The Balaban J connectivity index is 2.27. The van der Waals surface area contributed by atoms with Crippen LogP contribution in [0, 0.1) is 6.92 Å². The molecule has 0 spiro atoms. The lowest BCUT2D eigenvalue weighted by Gasteiger charge is -2.08. The third kappa shape index (κ3) is 2.12. The summed E-state index contributed by atoms with van der Waals surface area (Å²) < 4.78 is 0. The number of aryl methyl sites for hydroxylation is 1. The third-order valence-corrected chi connectivity index (χ3v) is 3.02. The number of rotatable bonds is 2. The van der Waals surface area contributed by atoms with Crippen molar-refractivity contribution in [1.29, 1.82) is 0 Å². The molecule has 0 fully saturated rings. The van der Waals surface area contributed by atoms with Crippen LogP contribution in [-0.4, -0.2) is 22.0 Å². The van der Waals surface area contributed by atoms with Crippen molar-refractivity contribution in [3.05, 3.63) is 48.4 Å². The Morgan fingerprint density at radius 1 is 1.05 bits per heavy atom. The number of nitrogens with one attached hydrogen (secondary N) is 1. The molecular weight excluding hydrogens is 236 g/mol. The molecule has 2 aromatic heterocycles. The normalized spacial score (nSPS) is 10.6. The summed E-state index contributed by atoms with van der Waals surface area (Å²) in [4.78, 5) is 13.2. The molecule has 2 heterocycles. The van der Waals surface area contributed by atoms with E-state index in [1.54, 1.807) is 6.20 Å². The number of nitrogens with zero attached hydrogens (tertiary/aromatic N) is 3. The van der Waals surface area contributed by atoms with E-state index in [-0.39, 0.29) is 0 Å². The zero-order valence-electron chi connectivity index (χ0n) is 10.9. The van der Waals surface area contributed by atoms with Crippen LogP contribution in [0.1, 0.15) is 5.82 Å². The molecule has 4 heteroatoms. The molecule has 0 unspecified atom stereocenters. The summed E-state index contributed by atoms with van der Waals surface area (Å²) in [7, 11) is 1.86. The quantitative estimate of drug-likeness (QED) is 0.759. The number of pyridine rings is 1. The topological polar surface area (TPSA) is 50.7 Å². The molecule has 0 aliphatic rings. The van der Waals surface area contributed by atoms with Crippen molar-refractivity contribution in [1.82, 2.24) is 15.0 Å². The molecule has 0 aliphatic carbocycles. The molecule has 0 radical (unpaired) electrons. The highest BCUT2D eigenvalue weighted by Crippen LogP contribution is 2.27. The smallest absolute Gasteiger partial charge is 0.130 e. The van der Waals surface area contributed by atoms with Gasteiger partial charge in [-0.1, -0.05) is 18.2 Å². The maximum Gasteiger partial charge on any atom is 0.130 e. The first-order valence-corrected chi connectivity index (χ1v) is 6.15. The van der Waals surface area contributed by atoms with E-state index in [2.05, 4.69) is 32.4 Å². The Hall–Kier alpha value is -2.49. The first kappa shape index (κ1) is 11.6. The Labute approximate surface area is 111 Å². The van der Waals surface area contributed by atoms with Crippen LogP contribution in [0.2, 0.25) is 0 Å². The van der Waals surface area contributed by atoms with Crippen LogP contribution in [0.15, 0.2) is 42.6 Å². The average molecular weight is 250 g/mol. The standard InChI is InChI=1S/C15H14N4/c1-10-18-14(9-15(16-2)19-10)12-5-3-7-13-11(12)6-4-8-17-13/h3-9H,1-2H3,(H,16,18,19). The predicted molar refractivity (Wildman–Crippen MR) is 77.1 cm³/mol. The van der Waals surface area contributed by atoms with Gasteiger partial charge in [-0.3, -0.25) is 4.98 Å². The maximum absolute atomic E-state index is 4.52. The Bertz CT molecular complexity index is 732. The highest BCUT2D eigenvalue weighted by Gasteiger charge is 2.07. The minimum Gasteiger partial charge on any atom is -0.373 e. The van der Waals surface area contributed by atoms with Crippen LogP contribution >= 0.6 is 0 Å². The molecule has 0 saturated heterocycles. The van der Waals surface area contributed by atoms with Gasteiger partial charge < -0.3 is 5.32 Å². The fourth-order valence-electron chi connectivity index (χ4n) is 2.16. The third-order valence-electron chi connectivity index (χ3n) is 3.02. The SMILES string of the molecule is CNc1cc(-c2cccc3ncccc23)nc(C)n1. The Kier molecular flexibility index (Phi) is 2.83. The maximum atomic E-state index is 4.52. The molecule has 0 saturated carbocycles. The van der Waals surface area contributed by atoms with Crippen molar-refractivity contribution in [2.75, 3.05) is 12.4 Å². The van der Waals surface area contributed by atoms with Crippen molar-refractivity contribution in [2.45, 2.75) is 6.92 Å². The minimum absolute atomic E-state index is 0.753. The lowest BCUT2D eigenvalue weighted by Crippen LogP contribution is -1.98. The van der Waals surface area contributed by atoms with E-state index >= 15 is 0 Å². The number of fused-ring (bicyclic) bond motifs is 1. The molecule has 0 aliphatic heterocycles. The number of aromatic nitrogens is 3. The largest absolute Gasteiger partial charge is 0.373 e. The van der Waals surface area contributed by atoms with Crippen molar-refractivity contribution in [3.8, 4) is 11.3 Å². The van der Waals surface area contributed by atoms with Crippen LogP contribution in [-0.2, 0) is 0 Å². The van der Waals surface area contributed by atoms with Gasteiger partial charge in [0.15, 0.2) is 0 Å². The van der Waals surface area contributed by atoms with Gasteiger partial charge in [-0.2, -0.15) is 0 Å². The van der Waals surface area contributed by atoms with Gasteiger partial charge in [0.25, 0.3) is 0 Å². The molecular formula is C15H14N4. The zero-order valence-corrected chi connectivity index (χ0v) is 10.9. The molecule has 1 N–H and O–H groups in total. The molecule has 19 heavy (non-hydrogen) atoms. The van der Waals surface area contributed by atoms with Crippen LogP contribution in [0.25, 0.3) is 22.2 Å². The van der Waals surface area contributed by atoms with Gasteiger partial charge in [-0.15, -0.1) is 0 Å². The van der Waals surface area contributed by atoms with E-state index in [1.807, 2.05) is 38.2 Å². The minimum atomic E-state index is 0.753. The molecule has 4 nitrogen and oxygen atoms in total. The highest BCUT2D eigenvalue weighted by atomic mass is 15.0. The summed E-state index contributed by atoms with van der Waals surface area (Å²) in [6.45, 7) is 1.90. The molecule has 0 bridgehead atoms. The summed E-state index contributed by atoms with van der Waals surface area (Å²) in [5, 5.41) is 4.16. The van der Waals surface area contributed by atoms with E-state index in [0.717, 1.165) is 33.8 Å². The number of hydrogen-bond donors (Lipinski definition) is 1. The monoisotopic (exact) mass is 250 g/mol. The Morgan fingerprint density at radius 3 is 2.79 bits per heavy atom. The molecule has 1 aromatic carbocycles. The Morgan fingerprint density at radius 2 is 1.95 bits per heavy atom. The van der Waals surface area contributed by atoms with E-state index in [0.29, 0.717) is 0 Å². The van der Waals surface area contributed by atoms with Gasteiger partial charge in [0.2, 0.25) is 0 Å². The molecule has 0 atom stereocenters. The summed E-state index contributed by atoms with van der Waals surface area (Å²) in [5.41, 5.74) is 2.96. The summed E-state index contributed by atoms with van der Waals surface area (Å²) >= 11 is 0. The van der Waals surface area contributed by atoms with E-state index in [4.69, 9.17) is 0 Å². The van der Waals surface area contributed by atoms with Gasteiger partial charge in [0.1, 0.15) is 11.6 Å². The summed E-state index contributed by atoms with van der Waals surface area (Å²) in [6, 6.07) is 12.0. The van der Waals surface area contributed by atoms with Gasteiger partial charge in [-0.05, 0) is 19.1 Å². The van der Waals surface area contributed by atoms with Crippen molar-refractivity contribution in [2.24, 2.45) is 0 Å². The number of benzene rings is 1. The second-order valence-electron chi connectivity index (χ2n) is 4.31. The second kappa shape index (κ2) is 4.65. The highest BCUT2D eigenvalue weighted by molar-refractivity contribution is 5.93. The lowest BCUT2D eigenvalue weighted by atomic mass is 10.1. The number of hydrogen-bond acceptors (Lipinski definition) is 4. The fraction of sp³-hybridized carbons (Fsp3) is 0.133. The fourth-order valence-corrected chi connectivity index (χ4v) is 2.16. The van der Waals surface area contributed by atoms with Gasteiger partial charge in [0.05, 0.1) is 11.2 Å². The van der Waals surface area contributed by atoms with E-state index in [9.17, 15) is 0 Å². The summed E-state index contributed by atoms with van der Waals surface area (Å²) in [6.07, 6.45) is 1.80. The molecule has 3 aromatic rings. The molecule has 0 amide bonds. The van der Waals surface area contributed by atoms with Crippen LogP contribution < -0.4 is 5.32 Å². The second-order valence-corrected chi connectivity index (χ2v) is 4.31. The van der Waals surface area contributed by atoms with Crippen LogP contribution in [0.3, 0.4) is 0 Å². The van der Waals surface area contributed by atoms with Crippen molar-refractivity contribution >= 4 is 16.7 Å². The molecule has 94 valence electrons. The molecule has 3 rings (SSSR count). The first-order valence-electron chi connectivity index (χ1n) is 6.15. The van der Waals surface area contributed by atoms with Crippen LogP contribution in [0.4, 0.5) is 5.82 Å². The lowest BCUT2D eigenvalue weighted by molar-refractivity contribution is 1.06. The van der Waals surface area contributed by atoms with E-state index in [1.165, 1.54) is 0 Å². The zero-order chi connectivity index (χ0) is 13.2. The van der Waals surface area contributed by atoms with Crippen molar-refractivity contribution < 1.29 is 0 Å². The summed E-state index contributed by atoms with van der Waals surface area (Å²) in [5.74, 6) is 1.58. The van der Waals surface area contributed by atoms with Gasteiger partial charge >= 0.3 is 0 Å². The number of anilines is 1. The van der Waals surface area contributed by atoms with Gasteiger partial charge in [-0.25, -0.2) is 9.97 Å². The predicted octanol–water partition coefficient (Wildman–Crippen LogP) is 3.04. The average Bonchev–Trinajstić information content (AvgIpc) is 2.46.